The molecule has 5 N–H and O–H groups in total. The molecule has 3 amide bonds. The highest BCUT2D eigenvalue weighted by Crippen LogP contribution is 2.34. The Morgan fingerprint density at radius 1 is 1.22 bits per heavy atom. The fourth-order valence-electron chi connectivity index (χ4n) is 4.10. The van der Waals surface area contributed by atoms with Crippen LogP contribution in [0.4, 0.5) is 11.4 Å². The number of hydrogen-bond donors (Lipinski definition) is 3. The second-order valence-electron chi connectivity index (χ2n) is 8.56. The predicted molar refractivity (Wildman–Crippen MR) is 136 cm³/mol. The first-order valence-electron chi connectivity index (χ1n) is 11.7. The van der Waals surface area contributed by atoms with Crippen LogP contribution in [0.25, 0.3) is 0 Å². The largest absolute Gasteiger partial charge is 0.464 e. The van der Waals surface area contributed by atoms with Gasteiger partial charge in [0.2, 0.25) is 0 Å². The molecule has 4 rings (SSSR count). The van der Waals surface area contributed by atoms with Crippen molar-refractivity contribution >= 4 is 40.6 Å². The molecule has 0 saturated carbocycles. The molecule has 0 spiro atoms. The van der Waals surface area contributed by atoms with E-state index in [1.807, 2.05) is 19.1 Å². The number of carbonyl (C=O) groups excluding carboxylic acids is 3. The van der Waals surface area contributed by atoms with E-state index in [-0.39, 0.29) is 28.1 Å². The summed E-state index contributed by atoms with van der Waals surface area (Å²) in [5.41, 5.74) is 12.7. The first-order valence-corrected chi connectivity index (χ1v) is 12.5. The summed E-state index contributed by atoms with van der Waals surface area (Å²) < 4.78 is 15.4. The fourth-order valence-corrected chi connectivity index (χ4v) is 4.85. The second-order valence-corrected chi connectivity index (χ2v) is 9.34. The molecule has 0 aliphatic carbocycles. The SMILES string of the molecule is CCc1ccc(N(C(=O)c2snc(C(N)=O)c2N)C(C(=O)NCC2CCCO2)c2ccc(C)o2)cc1. The van der Waals surface area contributed by atoms with Gasteiger partial charge in [0.05, 0.1) is 11.8 Å². The third kappa shape index (κ3) is 5.26. The molecule has 1 aliphatic rings. The van der Waals surface area contributed by atoms with Gasteiger partial charge in [0.25, 0.3) is 17.7 Å². The predicted octanol–water partition coefficient (Wildman–Crippen LogP) is 2.97. The van der Waals surface area contributed by atoms with Gasteiger partial charge in [-0.25, -0.2) is 0 Å². The molecule has 3 heterocycles. The van der Waals surface area contributed by atoms with E-state index >= 15 is 0 Å². The van der Waals surface area contributed by atoms with Gasteiger partial charge in [-0.1, -0.05) is 19.1 Å². The highest BCUT2D eigenvalue weighted by Gasteiger charge is 2.38. The Labute approximate surface area is 212 Å². The van der Waals surface area contributed by atoms with Crippen LogP contribution in [0.15, 0.2) is 40.8 Å². The first-order chi connectivity index (χ1) is 17.3. The molecule has 1 fully saturated rings. The van der Waals surface area contributed by atoms with Gasteiger partial charge in [-0.15, -0.1) is 0 Å². The summed E-state index contributed by atoms with van der Waals surface area (Å²) in [6, 6.07) is 9.53. The van der Waals surface area contributed by atoms with Gasteiger partial charge in [-0.05, 0) is 67.5 Å². The van der Waals surface area contributed by atoms with Crippen molar-refractivity contribution < 1.29 is 23.5 Å². The van der Waals surface area contributed by atoms with E-state index < -0.39 is 23.8 Å². The summed E-state index contributed by atoms with van der Waals surface area (Å²) in [7, 11) is 0. The standard InChI is InChI=1S/C25H29N5O5S/c1-3-15-7-9-16(10-8-15)30(25(33)22-19(26)20(23(27)31)29-36-22)21(18-11-6-14(2)35-18)24(32)28-13-17-5-4-12-34-17/h6-11,17,21H,3-5,12-13,26H2,1-2H3,(H2,27,31)(H,28,32). The quantitative estimate of drug-likeness (QED) is 0.399. The van der Waals surface area contributed by atoms with E-state index in [0.717, 1.165) is 36.4 Å². The zero-order valence-electron chi connectivity index (χ0n) is 20.2. The Bertz CT molecular complexity index is 1250. The topological polar surface area (TPSA) is 154 Å². The Hall–Kier alpha value is -3.70. The van der Waals surface area contributed by atoms with Crippen LogP contribution in [0, 0.1) is 6.92 Å². The highest BCUT2D eigenvalue weighted by atomic mass is 32.1. The van der Waals surface area contributed by atoms with Crippen molar-refractivity contribution in [1.82, 2.24) is 9.69 Å². The zero-order valence-corrected chi connectivity index (χ0v) is 21.0. The van der Waals surface area contributed by atoms with Gasteiger partial charge in [-0.2, -0.15) is 4.37 Å². The number of nitrogens with one attached hydrogen (secondary N) is 1. The molecule has 11 heteroatoms. The Morgan fingerprint density at radius 3 is 2.53 bits per heavy atom. The third-order valence-corrected chi connectivity index (χ3v) is 6.91. The monoisotopic (exact) mass is 511 g/mol. The number of hydrogen-bond acceptors (Lipinski definition) is 8. The third-order valence-electron chi connectivity index (χ3n) is 6.06. The zero-order chi connectivity index (χ0) is 25.8. The van der Waals surface area contributed by atoms with Gasteiger partial charge in [0.1, 0.15) is 16.4 Å². The van der Waals surface area contributed by atoms with E-state index in [1.54, 1.807) is 31.2 Å². The molecule has 0 radical (unpaired) electrons. The lowest BCUT2D eigenvalue weighted by Crippen LogP contribution is -2.45. The average Bonchev–Trinajstić information content (AvgIpc) is 3.62. The number of nitrogens with zero attached hydrogens (tertiary/aromatic N) is 2. The second kappa shape index (κ2) is 10.9. The summed E-state index contributed by atoms with van der Waals surface area (Å²) in [6.45, 7) is 4.74. The Kier molecular flexibility index (Phi) is 7.70. The number of nitrogens with two attached hydrogens (primary N) is 2. The van der Waals surface area contributed by atoms with E-state index in [1.165, 1.54) is 4.90 Å². The molecule has 1 aromatic carbocycles. The van der Waals surface area contributed by atoms with Crippen LogP contribution < -0.4 is 21.7 Å². The van der Waals surface area contributed by atoms with Crippen molar-refractivity contribution in [1.29, 1.82) is 0 Å². The van der Waals surface area contributed by atoms with E-state index in [2.05, 4.69) is 9.69 Å². The van der Waals surface area contributed by atoms with Crippen LogP contribution >= 0.6 is 11.5 Å². The summed E-state index contributed by atoms with van der Waals surface area (Å²) in [5, 5.41) is 2.91. The number of benzene rings is 1. The van der Waals surface area contributed by atoms with Crippen LogP contribution in [0.1, 0.15) is 63.1 Å². The molecule has 2 unspecified atom stereocenters. The van der Waals surface area contributed by atoms with Crippen LogP contribution in [-0.4, -0.2) is 41.4 Å². The number of aromatic nitrogens is 1. The minimum Gasteiger partial charge on any atom is -0.464 e. The summed E-state index contributed by atoms with van der Waals surface area (Å²) >= 11 is 0.757. The number of primary amides is 1. The van der Waals surface area contributed by atoms with Gasteiger partial charge in [-0.3, -0.25) is 19.3 Å². The number of aryl methyl sites for hydroxylation is 2. The summed E-state index contributed by atoms with van der Waals surface area (Å²) in [5.74, 6) is -1.01. The molecule has 1 aliphatic heterocycles. The molecular formula is C25H29N5O5S. The Balaban J connectivity index is 1.78. The average molecular weight is 512 g/mol. The number of ether oxygens (including phenoxy) is 1. The number of carbonyl (C=O) groups is 3. The maximum Gasteiger partial charge on any atom is 0.273 e. The van der Waals surface area contributed by atoms with Gasteiger partial charge >= 0.3 is 0 Å². The number of furan rings is 1. The summed E-state index contributed by atoms with van der Waals surface area (Å²) in [6.07, 6.45) is 2.50. The van der Waals surface area contributed by atoms with Crippen molar-refractivity contribution in [2.75, 3.05) is 23.8 Å². The maximum atomic E-state index is 14.0. The molecule has 36 heavy (non-hydrogen) atoms. The molecule has 0 bridgehead atoms. The molecule has 10 nitrogen and oxygen atoms in total. The normalized spacial score (nSPS) is 16.0. The number of nitrogen functional groups attached to an aromatic ring is 1. The minimum absolute atomic E-state index is 0.00331. The van der Waals surface area contributed by atoms with Gasteiger partial charge in [0, 0.05) is 18.8 Å². The smallest absolute Gasteiger partial charge is 0.273 e. The maximum absolute atomic E-state index is 14.0. The van der Waals surface area contributed by atoms with Gasteiger partial charge in [0.15, 0.2) is 11.7 Å². The molecule has 3 aromatic rings. The van der Waals surface area contributed by atoms with Crippen molar-refractivity contribution in [2.24, 2.45) is 5.73 Å². The Morgan fingerprint density at radius 2 is 1.97 bits per heavy atom. The van der Waals surface area contributed by atoms with E-state index in [4.69, 9.17) is 20.6 Å². The highest BCUT2D eigenvalue weighted by molar-refractivity contribution is 7.09. The van der Waals surface area contributed by atoms with Crippen LogP contribution in [0.5, 0.6) is 0 Å². The van der Waals surface area contributed by atoms with Crippen molar-refractivity contribution in [3.63, 3.8) is 0 Å². The molecular weight excluding hydrogens is 482 g/mol. The van der Waals surface area contributed by atoms with Crippen LogP contribution in [0.3, 0.4) is 0 Å². The summed E-state index contributed by atoms with van der Waals surface area (Å²) in [4.78, 5) is 40.6. The van der Waals surface area contributed by atoms with Crippen molar-refractivity contribution in [2.45, 2.75) is 45.3 Å². The number of anilines is 2. The van der Waals surface area contributed by atoms with E-state index in [9.17, 15) is 14.4 Å². The lowest BCUT2D eigenvalue weighted by Gasteiger charge is -2.30. The lowest BCUT2D eigenvalue weighted by molar-refractivity contribution is -0.123. The van der Waals surface area contributed by atoms with Crippen molar-refractivity contribution in [3.05, 3.63) is 64.1 Å². The van der Waals surface area contributed by atoms with Gasteiger partial charge < -0.3 is 25.9 Å². The fraction of sp³-hybridized carbons (Fsp3) is 0.360. The number of amides is 3. The molecule has 1 saturated heterocycles. The number of rotatable bonds is 9. The molecule has 2 atom stereocenters. The van der Waals surface area contributed by atoms with Crippen LogP contribution in [-0.2, 0) is 16.0 Å². The molecule has 2 aromatic heterocycles. The van der Waals surface area contributed by atoms with Crippen molar-refractivity contribution in [3.8, 4) is 0 Å². The van der Waals surface area contributed by atoms with E-state index in [0.29, 0.717) is 24.6 Å². The molecule has 190 valence electrons. The lowest BCUT2D eigenvalue weighted by atomic mass is 10.1. The van der Waals surface area contributed by atoms with Crippen LogP contribution in [0.2, 0.25) is 0 Å². The minimum atomic E-state index is -1.15. The first kappa shape index (κ1) is 25.4.